The summed E-state index contributed by atoms with van der Waals surface area (Å²) in [5.41, 5.74) is 4.33. The Kier molecular flexibility index (Phi) is 4.00. The van der Waals surface area contributed by atoms with Crippen molar-refractivity contribution in [3.8, 4) is 5.95 Å². The second-order valence-corrected chi connectivity index (χ2v) is 7.15. The number of aromatic nitrogens is 6. The number of nitrogens with one attached hydrogen (secondary N) is 1. The van der Waals surface area contributed by atoms with Crippen molar-refractivity contribution in [2.45, 2.75) is 65.7 Å². The van der Waals surface area contributed by atoms with Crippen LogP contribution >= 0.6 is 0 Å². The van der Waals surface area contributed by atoms with E-state index < -0.39 is 0 Å². The summed E-state index contributed by atoms with van der Waals surface area (Å²) in [5.74, 6) is 0.737. The molecular formula is C17H26N6. The van der Waals surface area contributed by atoms with Crippen LogP contribution in [0.15, 0.2) is 12.1 Å². The molecule has 0 amide bonds. The van der Waals surface area contributed by atoms with Crippen molar-refractivity contribution in [1.82, 2.24) is 29.6 Å². The fourth-order valence-electron chi connectivity index (χ4n) is 2.75. The van der Waals surface area contributed by atoms with Crippen LogP contribution in [0, 0.1) is 0 Å². The van der Waals surface area contributed by atoms with Crippen LogP contribution < -0.4 is 0 Å². The lowest BCUT2D eigenvalue weighted by Gasteiger charge is -2.15. The van der Waals surface area contributed by atoms with E-state index in [0.29, 0.717) is 0 Å². The normalized spacial score (nSPS) is 12.4. The summed E-state index contributed by atoms with van der Waals surface area (Å²) in [6.07, 6.45) is 4.15. The van der Waals surface area contributed by atoms with Gasteiger partial charge in [0, 0.05) is 22.9 Å². The van der Waals surface area contributed by atoms with Gasteiger partial charge in [-0.25, -0.2) is 4.68 Å². The minimum absolute atomic E-state index is 0.0434. The molecule has 23 heavy (non-hydrogen) atoms. The van der Waals surface area contributed by atoms with Gasteiger partial charge in [0.2, 0.25) is 0 Å². The highest BCUT2D eigenvalue weighted by Gasteiger charge is 2.21. The van der Waals surface area contributed by atoms with E-state index in [1.165, 1.54) is 5.69 Å². The molecule has 0 fully saturated rings. The van der Waals surface area contributed by atoms with Crippen LogP contribution in [0.2, 0.25) is 0 Å². The van der Waals surface area contributed by atoms with E-state index in [0.717, 1.165) is 48.7 Å². The third-order valence-electron chi connectivity index (χ3n) is 4.02. The van der Waals surface area contributed by atoms with Crippen molar-refractivity contribution < 1.29 is 0 Å². The predicted molar refractivity (Wildman–Crippen MR) is 91.1 cm³/mol. The van der Waals surface area contributed by atoms with Crippen LogP contribution in [0.3, 0.4) is 0 Å². The molecule has 0 radical (unpaired) electrons. The Balaban J connectivity index is 2.10. The maximum absolute atomic E-state index is 4.76. The number of hydrogen-bond acceptors (Lipinski definition) is 3. The van der Waals surface area contributed by atoms with Gasteiger partial charge >= 0.3 is 0 Å². The molecule has 1 N–H and O–H groups in total. The number of aryl methyl sites for hydroxylation is 2. The Morgan fingerprint density at radius 1 is 1.04 bits per heavy atom. The van der Waals surface area contributed by atoms with E-state index in [-0.39, 0.29) is 5.41 Å². The molecule has 0 bridgehead atoms. The first-order valence-corrected chi connectivity index (χ1v) is 8.46. The average molecular weight is 314 g/mol. The third kappa shape index (κ3) is 2.90. The second kappa shape index (κ2) is 5.83. The number of aromatic amines is 1. The van der Waals surface area contributed by atoms with E-state index >= 15 is 0 Å². The first-order valence-electron chi connectivity index (χ1n) is 8.46. The van der Waals surface area contributed by atoms with Gasteiger partial charge in [-0.2, -0.15) is 9.61 Å². The highest BCUT2D eigenvalue weighted by Crippen LogP contribution is 2.23. The molecule has 0 spiro atoms. The smallest absolute Gasteiger partial charge is 0.271 e. The molecule has 124 valence electrons. The molecule has 0 saturated heterocycles. The number of rotatable bonds is 5. The molecule has 0 aromatic carbocycles. The molecule has 0 aliphatic heterocycles. The Hall–Kier alpha value is -2.11. The molecule has 0 saturated carbocycles. The van der Waals surface area contributed by atoms with Crippen LogP contribution in [0.5, 0.6) is 0 Å². The molecule has 0 atom stereocenters. The van der Waals surface area contributed by atoms with Gasteiger partial charge in [0.05, 0.1) is 5.69 Å². The lowest BCUT2D eigenvalue weighted by molar-refractivity contribution is 0.559. The summed E-state index contributed by atoms with van der Waals surface area (Å²) in [6.45, 7) is 10.9. The average Bonchev–Trinajstić information content (AvgIpc) is 3.12. The number of nitrogens with zero attached hydrogens (tertiary/aromatic N) is 5. The Morgan fingerprint density at radius 2 is 1.78 bits per heavy atom. The summed E-state index contributed by atoms with van der Waals surface area (Å²) >= 11 is 0. The molecular weight excluding hydrogens is 288 g/mol. The van der Waals surface area contributed by atoms with E-state index in [2.05, 4.69) is 62.0 Å². The van der Waals surface area contributed by atoms with Gasteiger partial charge in [0.15, 0.2) is 5.65 Å². The molecule has 0 aliphatic carbocycles. The highest BCUT2D eigenvalue weighted by molar-refractivity contribution is 5.43. The van der Waals surface area contributed by atoms with Crippen molar-refractivity contribution in [2.24, 2.45) is 0 Å². The molecule has 3 rings (SSSR count). The molecule has 0 aliphatic rings. The van der Waals surface area contributed by atoms with Crippen LogP contribution in [0.1, 0.15) is 64.5 Å². The maximum atomic E-state index is 4.76. The Labute approximate surface area is 136 Å². The summed E-state index contributed by atoms with van der Waals surface area (Å²) in [5, 5.41) is 16.8. The molecule has 6 heteroatoms. The number of H-pyrrole nitrogens is 1. The second-order valence-electron chi connectivity index (χ2n) is 7.15. The first-order chi connectivity index (χ1) is 10.9. The highest BCUT2D eigenvalue weighted by atomic mass is 15.5. The van der Waals surface area contributed by atoms with Crippen LogP contribution in [0.4, 0.5) is 0 Å². The van der Waals surface area contributed by atoms with Gasteiger partial charge in [-0.3, -0.25) is 5.10 Å². The third-order valence-corrected chi connectivity index (χ3v) is 4.02. The molecule has 6 nitrogen and oxygen atoms in total. The first kappa shape index (κ1) is 15.8. The predicted octanol–water partition coefficient (Wildman–Crippen LogP) is 3.45. The largest absolute Gasteiger partial charge is 0.293 e. The monoisotopic (exact) mass is 314 g/mol. The zero-order valence-corrected chi connectivity index (χ0v) is 14.7. The van der Waals surface area contributed by atoms with Crippen molar-refractivity contribution in [1.29, 1.82) is 0 Å². The molecule has 0 unspecified atom stereocenters. The van der Waals surface area contributed by atoms with Crippen molar-refractivity contribution in [2.75, 3.05) is 0 Å². The van der Waals surface area contributed by atoms with E-state index in [1.54, 1.807) is 0 Å². The SMILES string of the molecule is CCCc1cc(CCC)n(-c2nnc3cc(C(C)(C)C)[nH]n23)n1. The molecule has 3 aromatic heterocycles. The van der Waals surface area contributed by atoms with Gasteiger partial charge in [0.1, 0.15) is 0 Å². The molecule has 3 heterocycles. The lowest BCUT2D eigenvalue weighted by atomic mass is 9.93. The van der Waals surface area contributed by atoms with Crippen LogP contribution in [-0.2, 0) is 18.3 Å². The number of hydrogen-bond donors (Lipinski definition) is 1. The minimum Gasteiger partial charge on any atom is -0.293 e. The van der Waals surface area contributed by atoms with Crippen molar-refractivity contribution in [3.63, 3.8) is 0 Å². The van der Waals surface area contributed by atoms with Gasteiger partial charge in [-0.1, -0.05) is 47.5 Å². The van der Waals surface area contributed by atoms with E-state index in [4.69, 9.17) is 5.10 Å². The summed E-state index contributed by atoms with van der Waals surface area (Å²) in [4.78, 5) is 0. The van der Waals surface area contributed by atoms with E-state index in [1.807, 2.05) is 9.20 Å². The van der Waals surface area contributed by atoms with Crippen LogP contribution in [-0.4, -0.2) is 29.6 Å². The maximum Gasteiger partial charge on any atom is 0.271 e. The fraction of sp³-hybridized carbons (Fsp3) is 0.588. The van der Waals surface area contributed by atoms with Gasteiger partial charge in [-0.15, -0.1) is 10.2 Å². The van der Waals surface area contributed by atoms with E-state index in [9.17, 15) is 0 Å². The zero-order valence-electron chi connectivity index (χ0n) is 14.7. The Morgan fingerprint density at radius 3 is 2.43 bits per heavy atom. The fourth-order valence-corrected chi connectivity index (χ4v) is 2.75. The van der Waals surface area contributed by atoms with Crippen molar-refractivity contribution in [3.05, 3.63) is 29.2 Å². The van der Waals surface area contributed by atoms with Gasteiger partial charge in [0.25, 0.3) is 5.95 Å². The summed E-state index contributed by atoms with van der Waals surface area (Å²) < 4.78 is 3.87. The summed E-state index contributed by atoms with van der Waals surface area (Å²) in [6, 6.07) is 4.26. The number of fused-ring (bicyclic) bond motifs is 1. The van der Waals surface area contributed by atoms with Crippen molar-refractivity contribution >= 4 is 5.65 Å². The topological polar surface area (TPSA) is 63.8 Å². The zero-order chi connectivity index (χ0) is 16.6. The standard InChI is InChI=1S/C17H26N6/c1-6-8-12-10-13(9-7-2)22(20-12)16-19-18-15-11-14(17(3,4)5)21-23(15)16/h10-11,21H,6-9H2,1-5H3. The summed E-state index contributed by atoms with van der Waals surface area (Å²) in [7, 11) is 0. The van der Waals surface area contributed by atoms with Crippen LogP contribution in [0.25, 0.3) is 11.6 Å². The molecule has 3 aromatic rings. The van der Waals surface area contributed by atoms with Gasteiger partial charge in [-0.05, 0) is 18.9 Å². The lowest BCUT2D eigenvalue weighted by Crippen LogP contribution is -2.13. The quantitative estimate of drug-likeness (QED) is 0.784. The van der Waals surface area contributed by atoms with Gasteiger partial charge < -0.3 is 0 Å². The Bertz CT molecular complexity index is 799. The minimum atomic E-state index is 0.0434.